The first-order valence-corrected chi connectivity index (χ1v) is 11.4. The summed E-state index contributed by atoms with van der Waals surface area (Å²) in [5.74, 6) is 0. The highest BCUT2D eigenvalue weighted by atomic mass is 32.2. The van der Waals surface area contributed by atoms with Crippen molar-refractivity contribution < 1.29 is 25.2 Å². The molecule has 4 aromatic rings. The van der Waals surface area contributed by atoms with Crippen molar-refractivity contribution in [2.45, 2.75) is 9.79 Å². The highest BCUT2D eigenvalue weighted by molar-refractivity contribution is 7.87. The van der Waals surface area contributed by atoms with Gasteiger partial charge in [-0.25, -0.2) is 8.37 Å². The molecule has 0 radical (unpaired) electrons. The van der Waals surface area contributed by atoms with Crippen LogP contribution in [0.3, 0.4) is 0 Å². The van der Waals surface area contributed by atoms with E-state index in [9.17, 15) is 16.8 Å². The second kappa shape index (κ2) is 7.57. The number of hydrogen-bond acceptors (Lipinski definition) is 6. The molecule has 0 bridgehead atoms. The fourth-order valence-corrected chi connectivity index (χ4v) is 4.62. The van der Waals surface area contributed by atoms with Gasteiger partial charge in [0.1, 0.15) is 0 Å². The minimum atomic E-state index is -4.18. The van der Waals surface area contributed by atoms with E-state index >= 15 is 0 Å². The van der Waals surface area contributed by atoms with E-state index in [1.54, 1.807) is 36.4 Å². The van der Waals surface area contributed by atoms with Crippen LogP contribution in [0.2, 0.25) is 0 Å². The van der Waals surface area contributed by atoms with Gasteiger partial charge in [0.25, 0.3) is 20.2 Å². The normalized spacial score (nSPS) is 12.4. The molecule has 0 aliphatic heterocycles. The lowest BCUT2D eigenvalue weighted by Crippen LogP contribution is -2.14. The summed E-state index contributed by atoms with van der Waals surface area (Å²) in [6.07, 6.45) is 0. The minimum Gasteiger partial charge on any atom is -0.236 e. The van der Waals surface area contributed by atoms with Gasteiger partial charge >= 0.3 is 0 Å². The van der Waals surface area contributed by atoms with Crippen LogP contribution in [0.5, 0.6) is 0 Å². The Morgan fingerprint density at radius 1 is 0.517 bits per heavy atom. The Labute approximate surface area is 168 Å². The highest BCUT2D eigenvalue weighted by Gasteiger charge is 2.20. The molecule has 0 aliphatic rings. The van der Waals surface area contributed by atoms with Crippen LogP contribution >= 0.6 is 0 Å². The Morgan fingerprint density at radius 2 is 0.897 bits per heavy atom. The molecule has 0 saturated heterocycles. The average molecular weight is 428 g/mol. The highest BCUT2D eigenvalue weighted by Crippen LogP contribution is 2.22. The van der Waals surface area contributed by atoms with Gasteiger partial charge in [-0.2, -0.15) is 16.8 Å². The Balaban J connectivity index is 1.49. The van der Waals surface area contributed by atoms with E-state index in [0.29, 0.717) is 0 Å². The maximum Gasteiger partial charge on any atom is 0.299 e. The largest absolute Gasteiger partial charge is 0.299 e. The SMILES string of the molecule is O=S(=O)(OCOS(=O)(=O)c1ccc2ccccc2c1)c1ccc2ccccc2c1. The van der Waals surface area contributed by atoms with Gasteiger partial charge < -0.3 is 0 Å². The number of fused-ring (bicyclic) bond motifs is 2. The predicted octanol–water partition coefficient (Wildman–Crippen LogP) is 4.06. The number of hydrogen-bond donors (Lipinski definition) is 0. The van der Waals surface area contributed by atoms with Crippen LogP contribution in [0.1, 0.15) is 0 Å². The summed E-state index contributed by atoms with van der Waals surface area (Å²) >= 11 is 0. The Hall–Kier alpha value is -2.78. The lowest BCUT2D eigenvalue weighted by molar-refractivity contribution is 0.132. The lowest BCUT2D eigenvalue weighted by Gasteiger charge is -2.09. The summed E-state index contributed by atoms with van der Waals surface area (Å²) in [5, 5.41) is 3.20. The Bertz CT molecular complexity index is 1300. The summed E-state index contributed by atoms with van der Waals surface area (Å²) in [4.78, 5) is -0.161. The minimum absolute atomic E-state index is 0.0806. The maximum absolute atomic E-state index is 12.4. The van der Waals surface area contributed by atoms with E-state index < -0.39 is 27.0 Å². The van der Waals surface area contributed by atoms with Gasteiger partial charge in [-0.3, -0.25) is 0 Å². The van der Waals surface area contributed by atoms with Crippen molar-refractivity contribution in [1.82, 2.24) is 0 Å². The van der Waals surface area contributed by atoms with Crippen molar-refractivity contribution >= 4 is 41.8 Å². The summed E-state index contributed by atoms with van der Waals surface area (Å²) in [7, 11) is -8.36. The van der Waals surface area contributed by atoms with Gasteiger partial charge in [0.2, 0.25) is 0 Å². The molecule has 29 heavy (non-hydrogen) atoms. The molecule has 0 saturated carbocycles. The zero-order valence-corrected chi connectivity index (χ0v) is 16.7. The average Bonchev–Trinajstić information content (AvgIpc) is 2.72. The molecular weight excluding hydrogens is 412 g/mol. The first-order chi connectivity index (χ1) is 13.9. The fourth-order valence-electron chi connectivity index (χ4n) is 2.93. The summed E-state index contributed by atoms with van der Waals surface area (Å²) < 4.78 is 59.1. The standard InChI is InChI=1S/C21H16O6S2/c22-28(23,20-11-9-16-5-1-3-7-18(16)13-20)26-15-27-29(24,25)21-12-10-17-6-2-4-8-19(17)14-21/h1-14H,15H2. The molecule has 4 rings (SSSR count). The van der Waals surface area contributed by atoms with E-state index in [1.807, 2.05) is 24.3 Å². The van der Waals surface area contributed by atoms with Crippen LogP contribution in [0.4, 0.5) is 0 Å². The third-order valence-electron chi connectivity index (χ3n) is 4.43. The van der Waals surface area contributed by atoms with E-state index in [0.717, 1.165) is 21.5 Å². The third kappa shape index (κ3) is 4.15. The Morgan fingerprint density at radius 3 is 1.31 bits per heavy atom. The molecule has 0 heterocycles. The van der Waals surface area contributed by atoms with Crippen LogP contribution in [0, 0.1) is 0 Å². The van der Waals surface area contributed by atoms with Crippen LogP contribution in [0.25, 0.3) is 21.5 Å². The molecule has 0 aliphatic carbocycles. The van der Waals surface area contributed by atoms with Crippen molar-refractivity contribution in [2.24, 2.45) is 0 Å². The molecule has 0 fully saturated rings. The summed E-state index contributed by atoms with van der Waals surface area (Å²) in [5.41, 5.74) is 0. The van der Waals surface area contributed by atoms with Gasteiger partial charge in [0.05, 0.1) is 9.79 Å². The molecule has 0 atom stereocenters. The Kier molecular flexibility index (Phi) is 5.10. The second-order valence-corrected chi connectivity index (χ2v) is 9.51. The first kappa shape index (κ1) is 19.5. The maximum atomic E-state index is 12.4. The fraction of sp³-hybridized carbons (Fsp3) is 0.0476. The molecule has 148 valence electrons. The van der Waals surface area contributed by atoms with E-state index in [1.165, 1.54) is 24.3 Å². The molecule has 6 nitrogen and oxygen atoms in total. The molecule has 0 unspecified atom stereocenters. The summed E-state index contributed by atoms with van der Waals surface area (Å²) in [6, 6.07) is 23.5. The van der Waals surface area contributed by atoms with Crippen molar-refractivity contribution in [3.8, 4) is 0 Å². The molecule has 0 amide bonds. The molecular formula is C21H16O6S2. The van der Waals surface area contributed by atoms with Gasteiger partial charge in [-0.15, -0.1) is 0 Å². The third-order valence-corrected chi connectivity index (χ3v) is 6.90. The van der Waals surface area contributed by atoms with Crippen LogP contribution in [0.15, 0.2) is 94.7 Å². The van der Waals surface area contributed by atoms with Crippen LogP contribution in [-0.2, 0) is 28.6 Å². The van der Waals surface area contributed by atoms with Gasteiger partial charge in [-0.05, 0) is 45.8 Å². The van der Waals surface area contributed by atoms with E-state index in [4.69, 9.17) is 8.37 Å². The zero-order chi connectivity index (χ0) is 20.5. The molecule has 8 heteroatoms. The summed E-state index contributed by atoms with van der Waals surface area (Å²) in [6.45, 7) is -0.954. The van der Waals surface area contributed by atoms with Crippen molar-refractivity contribution in [3.05, 3.63) is 84.9 Å². The molecule has 4 aromatic carbocycles. The zero-order valence-electron chi connectivity index (χ0n) is 15.1. The van der Waals surface area contributed by atoms with Crippen molar-refractivity contribution in [3.63, 3.8) is 0 Å². The number of rotatable bonds is 6. The van der Waals surface area contributed by atoms with Gasteiger partial charge in [0, 0.05) is 0 Å². The van der Waals surface area contributed by atoms with Crippen molar-refractivity contribution in [1.29, 1.82) is 0 Å². The second-order valence-electron chi connectivity index (χ2n) is 6.28. The van der Waals surface area contributed by atoms with Crippen LogP contribution in [-0.4, -0.2) is 23.6 Å². The van der Waals surface area contributed by atoms with Crippen molar-refractivity contribution in [2.75, 3.05) is 6.79 Å². The number of benzene rings is 4. The van der Waals surface area contributed by atoms with Gasteiger partial charge in [-0.1, -0.05) is 60.7 Å². The first-order valence-electron chi connectivity index (χ1n) is 8.62. The van der Waals surface area contributed by atoms with Gasteiger partial charge in [0.15, 0.2) is 6.79 Å². The van der Waals surface area contributed by atoms with E-state index in [-0.39, 0.29) is 9.79 Å². The smallest absolute Gasteiger partial charge is 0.236 e. The molecule has 0 spiro atoms. The molecule has 0 aromatic heterocycles. The predicted molar refractivity (Wildman–Crippen MR) is 109 cm³/mol. The van der Waals surface area contributed by atoms with Crippen LogP contribution < -0.4 is 0 Å². The monoisotopic (exact) mass is 428 g/mol. The quantitative estimate of drug-likeness (QED) is 0.340. The topological polar surface area (TPSA) is 86.7 Å². The lowest BCUT2D eigenvalue weighted by atomic mass is 10.1. The molecule has 0 N–H and O–H groups in total. The van der Waals surface area contributed by atoms with E-state index in [2.05, 4.69) is 0 Å².